The summed E-state index contributed by atoms with van der Waals surface area (Å²) in [5.74, 6) is 0.0983. The molecule has 1 aromatic rings. The van der Waals surface area contributed by atoms with E-state index in [0.29, 0.717) is 13.0 Å². The summed E-state index contributed by atoms with van der Waals surface area (Å²) in [6.45, 7) is 1.40. The minimum absolute atomic E-state index is 0. The first-order valence-electron chi connectivity index (χ1n) is 6.82. The molecule has 118 valence electrons. The van der Waals surface area contributed by atoms with E-state index in [9.17, 15) is 4.79 Å². The molecule has 0 aromatic heterocycles. The van der Waals surface area contributed by atoms with Crippen LogP contribution in [0.1, 0.15) is 24.8 Å². The van der Waals surface area contributed by atoms with Crippen molar-refractivity contribution < 1.29 is 9.53 Å². The van der Waals surface area contributed by atoms with E-state index in [-0.39, 0.29) is 36.8 Å². The van der Waals surface area contributed by atoms with Gasteiger partial charge in [-0.15, -0.1) is 35.6 Å². The lowest BCUT2D eigenvalue weighted by Gasteiger charge is -2.11. The Morgan fingerprint density at radius 3 is 2.71 bits per heavy atom. The molecule has 0 amide bonds. The predicted octanol–water partition coefficient (Wildman–Crippen LogP) is 3.51. The van der Waals surface area contributed by atoms with E-state index < -0.39 is 4.84 Å². The highest BCUT2D eigenvalue weighted by Crippen LogP contribution is 2.17. The van der Waals surface area contributed by atoms with E-state index in [0.717, 1.165) is 13.0 Å². The Kier molecular flexibility index (Phi) is 8.60. The van der Waals surface area contributed by atoms with Gasteiger partial charge in [0, 0.05) is 25.4 Å². The quantitative estimate of drug-likeness (QED) is 0.763. The van der Waals surface area contributed by atoms with Gasteiger partial charge in [-0.2, -0.15) is 0 Å². The van der Waals surface area contributed by atoms with Crippen LogP contribution in [0.2, 0.25) is 0 Å². The van der Waals surface area contributed by atoms with Crippen LogP contribution in [-0.2, 0) is 16.1 Å². The van der Waals surface area contributed by atoms with Crippen molar-refractivity contribution in [3.63, 3.8) is 0 Å². The lowest BCUT2D eigenvalue weighted by molar-refractivity contribution is -0.119. The van der Waals surface area contributed by atoms with Crippen LogP contribution in [0, 0.1) is 0 Å². The number of hydrogen-bond acceptors (Lipinski definition) is 3. The number of ether oxygens (including phenoxy) is 1. The van der Waals surface area contributed by atoms with Crippen LogP contribution in [0.5, 0.6) is 0 Å². The molecule has 1 fully saturated rings. The van der Waals surface area contributed by atoms with E-state index in [1.54, 1.807) is 0 Å². The Bertz CT molecular complexity index is 428. The number of benzene rings is 1. The van der Waals surface area contributed by atoms with Crippen LogP contribution in [0.4, 0.5) is 0 Å². The first kappa shape index (κ1) is 18.7. The lowest BCUT2D eigenvalue weighted by atomic mass is 10.1. The monoisotopic (exact) mass is 351 g/mol. The molecule has 1 aliphatic rings. The number of alkyl halides is 2. The molecule has 0 radical (unpaired) electrons. The van der Waals surface area contributed by atoms with Gasteiger partial charge >= 0.3 is 0 Å². The molecule has 0 aliphatic carbocycles. The summed E-state index contributed by atoms with van der Waals surface area (Å²) in [5, 5.41) is 3.32. The zero-order valence-electron chi connectivity index (χ0n) is 11.6. The molecule has 1 N–H and O–H groups in total. The van der Waals surface area contributed by atoms with Crippen molar-refractivity contribution in [3.8, 4) is 0 Å². The molecule has 2 atom stereocenters. The summed E-state index contributed by atoms with van der Waals surface area (Å²) in [7, 11) is 0. The highest BCUT2D eigenvalue weighted by Gasteiger charge is 2.26. The fraction of sp³-hybridized carbons (Fsp3) is 0.533. The van der Waals surface area contributed by atoms with Gasteiger partial charge in [0.15, 0.2) is 0 Å². The van der Waals surface area contributed by atoms with E-state index in [1.165, 1.54) is 5.56 Å². The topological polar surface area (TPSA) is 38.3 Å². The van der Waals surface area contributed by atoms with E-state index in [4.69, 9.17) is 27.9 Å². The van der Waals surface area contributed by atoms with Crippen molar-refractivity contribution in [2.45, 2.75) is 42.9 Å². The average Bonchev–Trinajstić information content (AvgIpc) is 2.84. The second kappa shape index (κ2) is 9.65. The van der Waals surface area contributed by atoms with Gasteiger partial charge in [-0.3, -0.25) is 4.79 Å². The maximum Gasteiger partial charge on any atom is 0.137 e. The highest BCUT2D eigenvalue weighted by atomic mass is 35.5. The highest BCUT2D eigenvalue weighted by molar-refractivity contribution is 6.45. The minimum atomic E-state index is -0.603. The zero-order chi connectivity index (χ0) is 14.4. The number of ketones is 1. The van der Waals surface area contributed by atoms with Crippen LogP contribution in [0.3, 0.4) is 0 Å². The second-order valence-electron chi connectivity index (χ2n) is 5.10. The molecular formula is C15H20Cl3NO2. The summed E-state index contributed by atoms with van der Waals surface area (Å²) in [4.78, 5) is 11.0. The number of hydrogen-bond donors (Lipinski definition) is 1. The molecular weight excluding hydrogens is 333 g/mol. The van der Waals surface area contributed by atoms with Crippen molar-refractivity contribution in [3.05, 3.63) is 35.9 Å². The Hall–Kier alpha value is -0.320. The van der Waals surface area contributed by atoms with Crippen LogP contribution < -0.4 is 5.32 Å². The predicted molar refractivity (Wildman–Crippen MR) is 88.4 cm³/mol. The normalized spacial score (nSPS) is 21.3. The zero-order valence-corrected chi connectivity index (χ0v) is 14.0. The van der Waals surface area contributed by atoms with E-state index >= 15 is 0 Å². The van der Waals surface area contributed by atoms with Gasteiger partial charge in [0.05, 0.1) is 12.7 Å². The average molecular weight is 353 g/mol. The third kappa shape index (κ3) is 6.98. The smallest absolute Gasteiger partial charge is 0.137 e. The number of nitrogens with one attached hydrogen (secondary N) is 1. The summed E-state index contributed by atoms with van der Waals surface area (Å²) < 4.78 is 5.86. The summed E-state index contributed by atoms with van der Waals surface area (Å²) in [6.07, 6.45) is 1.71. The Morgan fingerprint density at radius 2 is 2.05 bits per heavy atom. The largest absolute Gasteiger partial charge is 0.372 e. The standard InChI is InChI=1S/C15H19Cl2NO2.ClH/c16-15(17)8-13(19)6-12-7-14(9-18-12)20-10-11-4-2-1-3-5-11;/h1-5,12,14-15,18H,6-10H2;1H/t12-,14-;/m1./s1. The maximum absolute atomic E-state index is 11.6. The van der Waals surface area contributed by atoms with Gasteiger partial charge in [-0.25, -0.2) is 0 Å². The fourth-order valence-electron chi connectivity index (χ4n) is 2.38. The summed E-state index contributed by atoms with van der Waals surface area (Å²) in [5.41, 5.74) is 1.17. The van der Waals surface area contributed by atoms with Gasteiger partial charge in [-0.1, -0.05) is 30.3 Å². The fourth-order valence-corrected chi connectivity index (χ4v) is 2.73. The van der Waals surface area contributed by atoms with Gasteiger partial charge < -0.3 is 10.1 Å². The first-order valence-corrected chi connectivity index (χ1v) is 7.69. The van der Waals surface area contributed by atoms with Crippen LogP contribution >= 0.6 is 35.6 Å². The van der Waals surface area contributed by atoms with E-state index in [1.807, 2.05) is 30.3 Å². The number of carbonyl (C=O) groups is 1. The van der Waals surface area contributed by atoms with Gasteiger partial charge in [-0.05, 0) is 12.0 Å². The van der Waals surface area contributed by atoms with Crippen LogP contribution in [-0.4, -0.2) is 29.3 Å². The molecule has 0 unspecified atom stereocenters. The first-order chi connectivity index (χ1) is 9.63. The second-order valence-corrected chi connectivity index (χ2v) is 6.37. The Morgan fingerprint density at radius 1 is 1.33 bits per heavy atom. The molecule has 2 rings (SSSR count). The lowest BCUT2D eigenvalue weighted by Crippen LogP contribution is -2.25. The van der Waals surface area contributed by atoms with Crippen LogP contribution in [0.25, 0.3) is 0 Å². The molecule has 0 spiro atoms. The molecule has 1 saturated heterocycles. The van der Waals surface area contributed by atoms with Gasteiger partial charge in [0.25, 0.3) is 0 Å². The van der Waals surface area contributed by atoms with Gasteiger partial charge in [0.1, 0.15) is 10.6 Å². The van der Waals surface area contributed by atoms with Crippen molar-refractivity contribution in [2.75, 3.05) is 6.54 Å². The SMILES string of the molecule is Cl.O=C(CC(Cl)Cl)C[C@@H]1C[C@@H](OCc2ccccc2)CN1. The molecule has 3 nitrogen and oxygen atoms in total. The molecule has 1 heterocycles. The molecule has 0 bridgehead atoms. The Labute approximate surface area is 141 Å². The number of carbonyl (C=O) groups excluding carboxylic acids is 1. The molecule has 21 heavy (non-hydrogen) atoms. The minimum Gasteiger partial charge on any atom is -0.372 e. The number of rotatable bonds is 7. The Balaban J connectivity index is 0.00000220. The van der Waals surface area contributed by atoms with Crippen molar-refractivity contribution >= 4 is 41.4 Å². The number of halogens is 3. The van der Waals surface area contributed by atoms with E-state index in [2.05, 4.69) is 5.32 Å². The van der Waals surface area contributed by atoms with Crippen molar-refractivity contribution in [1.29, 1.82) is 0 Å². The molecule has 6 heteroatoms. The maximum atomic E-state index is 11.6. The van der Waals surface area contributed by atoms with Crippen LogP contribution in [0.15, 0.2) is 30.3 Å². The van der Waals surface area contributed by atoms with Crippen molar-refractivity contribution in [1.82, 2.24) is 5.32 Å². The van der Waals surface area contributed by atoms with Gasteiger partial charge in [0.2, 0.25) is 0 Å². The van der Waals surface area contributed by atoms with Crippen molar-refractivity contribution in [2.24, 2.45) is 0 Å². The third-order valence-electron chi connectivity index (χ3n) is 3.37. The summed E-state index contributed by atoms with van der Waals surface area (Å²) >= 11 is 11.2. The summed E-state index contributed by atoms with van der Waals surface area (Å²) in [6, 6.07) is 10.3. The molecule has 1 aromatic carbocycles. The molecule has 1 aliphatic heterocycles. The molecule has 0 saturated carbocycles. The third-order valence-corrected chi connectivity index (χ3v) is 3.67. The number of Topliss-reactive ketones (excluding diaryl/α,β-unsaturated/α-hetero) is 1.